The Kier molecular flexibility index (Phi) is 13.7. The molecule has 57 heavy (non-hydrogen) atoms. The molecule has 5 aromatic rings. The molecule has 0 spiro atoms. The van der Waals surface area contributed by atoms with Crippen LogP contribution in [0.4, 0.5) is 0 Å². The molecule has 1 fully saturated rings. The molecule has 0 amide bonds. The highest BCUT2D eigenvalue weighted by molar-refractivity contribution is 6.31. The van der Waals surface area contributed by atoms with Gasteiger partial charge in [0, 0.05) is 25.1 Å². The van der Waals surface area contributed by atoms with Crippen molar-refractivity contribution in [1.29, 1.82) is 0 Å². The van der Waals surface area contributed by atoms with Gasteiger partial charge in [-0.25, -0.2) is 24.0 Å². The average molecular weight is 873 g/mol. The molecule has 292 valence electrons. The first-order valence-electron chi connectivity index (χ1n) is 16.8. The van der Waals surface area contributed by atoms with E-state index in [1.165, 1.54) is 121 Å². The van der Waals surface area contributed by atoms with Crippen molar-refractivity contribution in [3.8, 4) is 0 Å². The maximum atomic E-state index is 13.8. The summed E-state index contributed by atoms with van der Waals surface area (Å²) in [4.78, 5) is 68.1. The van der Waals surface area contributed by atoms with Gasteiger partial charge in [0.1, 0.15) is 12.7 Å². The SMILES string of the molecule is O=C(OC[C@H]1OC(OC(=O)c2ccc(Cl)cc2)[C@H](OC(=O)c2ccc(Cl)cc2)[C@@H](OC(=O)c2ccc(Cl)cc2)[C@H]1OC(=O)c1ccc(Cl)cc1)c1ccc(Cl)cc1. The second-order valence-corrected chi connectivity index (χ2v) is 14.4. The van der Waals surface area contributed by atoms with Crippen molar-refractivity contribution in [2.24, 2.45) is 0 Å². The number of hydrogen-bond donors (Lipinski definition) is 0. The van der Waals surface area contributed by atoms with Crippen LogP contribution >= 0.6 is 58.0 Å². The molecular formula is C41H27Cl5O11. The zero-order valence-corrected chi connectivity index (χ0v) is 32.8. The van der Waals surface area contributed by atoms with Gasteiger partial charge in [-0.05, 0) is 121 Å². The second kappa shape index (κ2) is 18.9. The van der Waals surface area contributed by atoms with Crippen LogP contribution in [0.1, 0.15) is 51.8 Å². The van der Waals surface area contributed by atoms with Crippen molar-refractivity contribution in [2.45, 2.75) is 30.7 Å². The lowest BCUT2D eigenvalue weighted by atomic mass is 9.97. The van der Waals surface area contributed by atoms with Crippen LogP contribution in [-0.4, -0.2) is 67.2 Å². The third-order valence-electron chi connectivity index (χ3n) is 8.32. The summed E-state index contributed by atoms with van der Waals surface area (Å²) in [5.41, 5.74) is 0.138. The van der Waals surface area contributed by atoms with Crippen LogP contribution in [0.15, 0.2) is 121 Å². The van der Waals surface area contributed by atoms with Gasteiger partial charge in [0.05, 0.1) is 27.8 Å². The Morgan fingerprint density at radius 3 is 1.02 bits per heavy atom. The summed E-state index contributed by atoms with van der Waals surface area (Å²) in [6.45, 7) is -0.665. The van der Waals surface area contributed by atoms with Gasteiger partial charge < -0.3 is 28.4 Å². The van der Waals surface area contributed by atoms with Crippen molar-refractivity contribution >= 4 is 87.9 Å². The van der Waals surface area contributed by atoms with Crippen LogP contribution in [0.25, 0.3) is 0 Å². The molecule has 5 aromatic carbocycles. The van der Waals surface area contributed by atoms with E-state index in [0.717, 1.165) is 0 Å². The Morgan fingerprint density at radius 1 is 0.386 bits per heavy atom. The van der Waals surface area contributed by atoms with E-state index in [1.807, 2.05) is 0 Å². The number of carbonyl (C=O) groups excluding carboxylic acids is 5. The van der Waals surface area contributed by atoms with Crippen LogP contribution in [-0.2, 0) is 28.4 Å². The zero-order chi connectivity index (χ0) is 40.6. The molecule has 0 aliphatic carbocycles. The van der Waals surface area contributed by atoms with Gasteiger partial charge >= 0.3 is 29.8 Å². The molecule has 0 radical (unpaired) electrons. The average Bonchev–Trinajstić information content (AvgIpc) is 3.20. The molecule has 0 aromatic heterocycles. The summed E-state index contributed by atoms with van der Waals surface area (Å²) in [5.74, 6) is -4.74. The molecule has 1 unspecified atom stereocenters. The number of carbonyl (C=O) groups is 5. The summed E-state index contributed by atoms with van der Waals surface area (Å²) < 4.78 is 35.4. The highest BCUT2D eigenvalue weighted by atomic mass is 35.5. The van der Waals surface area contributed by atoms with Gasteiger partial charge in [0.25, 0.3) is 0 Å². The van der Waals surface area contributed by atoms with Crippen LogP contribution in [0.5, 0.6) is 0 Å². The molecule has 16 heteroatoms. The van der Waals surface area contributed by atoms with E-state index in [1.54, 1.807) is 0 Å². The molecular weight excluding hydrogens is 846 g/mol. The Bertz CT molecular complexity index is 2230. The summed E-state index contributed by atoms with van der Waals surface area (Å²) >= 11 is 30.2. The van der Waals surface area contributed by atoms with E-state index in [4.69, 9.17) is 86.4 Å². The minimum absolute atomic E-state index is 0.00122. The van der Waals surface area contributed by atoms with E-state index in [-0.39, 0.29) is 27.8 Å². The van der Waals surface area contributed by atoms with E-state index in [9.17, 15) is 24.0 Å². The van der Waals surface area contributed by atoms with Crippen LogP contribution in [0, 0.1) is 0 Å². The molecule has 0 saturated carbocycles. The highest BCUT2D eigenvalue weighted by Crippen LogP contribution is 2.33. The summed E-state index contributed by atoms with van der Waals surface area (Å²) in [5, 5.41) is 1.67. The predicted octanol–water partition coefficient (Wildman–Crippen LogP) is 9.37. The maximum absolute atomic E-state index is 13.8. The fourth-order valence-electron chi connectivity index (χ4n) is 5.43. The molecule has 1 aliphatic rings. The number of halogens is 5. The Hall–Kier alpha value is -5.14. The van der Waals surface area contributed by atoms with E-state index >= 15 is 0 Å². The molecule has 1 saturated heterocycles. The predicted molar refractivity (Wildman–Crippen MR) is 209 cm³/mol. The first kappa shape index (κ1) is 41.5. The smallest absolute Gasteiger partial charge is 0.340 e. The van der Waals surface area contributed by atoms with Gasteiger partial charge in [0.15, 0.2) is 12.2 Å². The van der Waals surface area contributed by atoms with E-state index in [0.29, 0.717) is 25.1 Å². The highest BCUT2D eigenvalue weighted by Gasteiger charge is 2.54. The molecule has 1 heterocycles. The normalized spacial score (nSPS) is 18.8. The maximum Gasteiger partial charge on any atom is 0.340 e. The third-order valence-corrected chi connectivity index (χ3v) is 9.58. The lowest BCUT2D eigenvalue weighted by Gasteiger charge is -2.43. The van der Waals surface area contributed by atoms with Gasteiger partial charge in [-0.15, -0.1) is 0 Å². The summed E-state index contributed by atoms with van der Waals surface area (Å²) in [7, 11) is 0. The van der Waals surface area contributed by atoms with Crippen LogP contribution < -0.4 is 0 Å². The number of esters is 5. The van der Waals surface area contributed by atoms with Crippen molar-refractivity contribution in [2.75, 3.05) is 6.61 Å². The standard InChI is InChI=1S/C41H27Cl5O11/c42-27-11-1-22(2-12-27)36(47)52-21-32-33(54-37(48)23-3-13-28(43)14-4-23)34(55-38(49)24-5-15-29(44)16-6-24)35(56-39(50)25-7-17-30(45)18-8-25)41(53-32)57-40(51)26-9-19-31(46)20-10-26/h1-20,32-35,41H,21H2/t32-,33+,34+,35-,41?/m1/s1. The minimum atomic E-state index is -1.88. The minimum Gasteiger partial charge on any atom is -0.459 e. The second-order valence-electron chi connectivity index (χ2n) is 12.2. The summed E-state index contributed by atoms with van der Waals surface area (Å²) in [6, 6.07) is 28.3. The first-order valence-corrected chi connectivity index (χ1v) is 18.7. The number of benzene rings is 5. The van der Waals surface area contributed by atoms with Crippen LogP contribution in [0.3, 0.4) is 0 Å². The number of ether oxygens (including phenoxy) is 6. The Labute approximate surface area is 350 Å². The fraction of sp³-hybridized carbons (Fsp3) is 0.146. The Morgan fingerprint density at radius 2 is 0.667 bits per heavy atom. The van der Waals surface area contributed by atoms with Crippen molar-refractivity contribution < 1.29 is 52.4 Å². The first-order chi connectivity index (χ1) is 27.3. The van der Waals surface area contributed by atoms with Gasteiger partial charge in [-0.2, -0.15) is 0 Å². The summed E-state index contributed by atoms with van der Waals surface area (Å²) in [6.07, 6.45) is -8.73. The van der Waals surface area contributed by atoms with Gasteiger partial charge in [-0.1, -0.05) is 58.0 Å². The van der Waals surface area contributed by atoms with E-state index in [2.05, 4.69) is 0 Å². The largest absolute Gasteiger partial charge is 0.459 e. The number of hydrogen-bond acceptors (Lipinski definition) is 11. The quantitative estimate of drug-likeness (QED) is 0.0926. The fourth-order valence-corrected chi connectivity index (χ4v) is 6.06. The van der Waals surface area contributed by atoms with Crippen LogP contribution in [0.2, 0.25) is 25.1 Å². The third kappa shape index (κ3) is 10.8. The van der Waals surface area contributed by atoms with Crippen molar-refractivity contribution in [3.05, 3.63) is 174 Å². The Balaban J connectivity index is 1.43. The molecule has 1 aliphatic heterocycles. The topological polar surface area (TPSA) is 141 Å². The lowest BCUT2D eigenvalue weighted by molar-refractivity contribution is -0.282. The molecule has 5 atom stereocenters. The van der Waals surface area contributed by atoms with Gasteiger partial charge in [0.2, 0.25) is 12.4 Å². The molecule has 6 rings (SSSR count). The lowest BCUT2D eigenvalue weighted by Crippen LogP contribution is -2.63. The van der Waals surface area contributed by atoms with Crippen molar-refractivity contribution in [1.82, 2.24) is 0 Å². The molecule has 11 nitrogen and oxygen atoms in total. The number of rotatable bonds is 11. The molecule has 0 N–H and O–H groups in total. The molecule has 0 bridgehead atoms. The van der Waals surface area contributed by atoms with Crippen molar-refractivity contribution in [3.63, 3.8) is 0 Å². The van der Waals surface area contributed by atoms with E-state index < -0.39 is 67.2 Å². The zero-order valence-electron chi connectivity index (χ0n) is 29.0. The van der Waals surface area contributed by atoms with Gasteiger partial charge in [-0.3, -0.25) is 0 Å². The monoisotopic (exact) mass is 870 g/mol.